The summed E-state index contributed by atoms with van der Waals surface area (Å²) in [6.07, 6.45) is 3.52. The van der Waals surface area contributed by atoms with Crippen molar-refractivity contribution in [2.75, 3.05) is 0 Å². The number of fused-ring (bicyclic) bond motifs is 1. The maximum absolute atomic E-state index is 13.7. The number of imidazole rings is 1. The SMILES string of the molecule is CCCC(=O)C(CCC(C)=O)n1cnc2c(C)cc(F)cc21. The second-order valence-corrected chi connectivity index (χ2v) is 5.72. The molecule has 118 valence electrons. The van der Waals surface area contributed by atoms with Gasteiger partial charge in [-0.25, -0.2) is 9.37 Å². The molecule has 0 spiro atoms. The van der Waals surface area contributed by atoms with E-state index in [0.29, 0.717) is 30.3 Å². The molecule has 0 aliphatic rings. The van der Waals surface area contributed by atoms with Crippen LogP contribution in [0.25, 0.3) is 11.0 Å². The fourth-order valence-corrected chi connectivity index (χ4v) is 2.72. The summed E-state index contributed by atoms with van der Waals surface area (Å²) in [7, 11) is 0. The molecule has 0 amide bonds. The molecule has 0 fully saturated rings. The molecule has 0 saturated carbocycles. The van der Waals surface area contributed by atoms with Crippen molar-refractivity contribution in [1.29, 1.82) is 0 Å². The van der Waals surface area contributed by atoms with E-state index >= 15 is 0 Å². The Morgan fingerprint density at radius 2 is 2.05 bits per heavy atom. The highest BCUT2D eigenvalue weighted by Crippen LogP contribution is 2.26. The summed E-state index contributed by atoms with van der Waals surface area (Å²) in [5.74, 6) is -0.244. The third-order valence-corrected chi connectivity index (χ3v) is 3.81. The number of carbonyl (C=O) groups excluding carboxylic acids is 2. The molecule has 2 rings (SSSR count). The zero-order valence-electron chi connectivity index (χ0n) is 13.2. The molecule has 1 unspecified atom stereocenters. The molecule has 4 nitrogen and oxygen atoms in total. The lowest BCUT2D eigenvalue weighted by Crippen LogP contribution is -2.19. The topological polar surface area (TPSA) is 52.0 Å². The first-order chi connectivity index (χ1) is 10.4. The van der Waals surface area contributed by atoms with E-state index in [1.165, 1.54) is 19.1 Å². The first kappa shape index (κ1) is 16.3. The number of aromatic nitrogens is 2. The van der Waals surface area contributed by atoms with E-state index in [1.54, 1.807) is 17.8 Å². The van der Waals surface area contributed by atoms with E-state index < -0.39 is 6.04 Å². The van der Waals surface area contributed by atoms with Crippen LogP contribution >= 0.6 is 0 Å². The fourth-order valence-electron chi connectivity index (χ4n) is 2.72. The first-order valence-electron chi connectivity index (χ1n) is 7.58. The molecule has 1 aromatic carbocycles. The van der Waals surface area contributed by atoms with E-state index in [-0.39, 0.29) is 17.4 Å². The number of aryl methyl sites for hydroxylation is 1. The largest absolute Gasteiger partial charge is 0.320 e. The molecule has 0 radical (unpaired) electrons. The van der Waals surface area contributed by atoms with Gasteiger partial charge in [0.15, 0.2) is 5.78 Å². The maximum atomic E-state index is 13.7. The fraction of sp³-hybridized carbons (Fsp3) is 0.471. The molecule has 5 heteroatoms. The molecule has 1 atom stereocenters. The smallest absolute Gasteiger partial charge is 0.155 e. The monoisotopic (exact) mass is 304 g/mol. The highest BCUT2D eigenvalue weighted by Gasteiger charge is 2.22. The van der Waals surface area contributed by atoms with Crippen LogP contribution in [0.4, 0.5) is 4.39 Å². The zero-order chi connectivity index (χ0) is 16.3. The van der Waals surface area contributed by atoms with Crippen LogP contribution in [0.1, 0.15) is 51.1 Å². The number of hydrogen-bond donors (Lipinski definition) is 0. The molecule has 0 saturated heterocycles. The van der Waals surface area contributed by atoms with Gasteiger partial charge < -0.3 is 9.36 Å². The standard InChI is InChI=1S/C17H21FN2O2/c1-4-5-16(22)14(7-6-12(3)21)20-10-19-17-11(2)8-13(18)9-15(17)20/h8-10,14H,4-7H2,1-3H3. The van der Waals surface area contributed by atoms with Gasteiger partial charge in [-0.2, -0.15) is 0 Å². The Bertz CT molecular complexity index is 706. The summed E-state index contributed by atoms with van der Waals surface area (Å²) in [6.45, 7) is 5.24. The summed E-state index contributed by atoms with van der Waals surface area (Å²) in [4.78, 5) is 28.0. The van der Waals surface area contributed by atoms with Crippen LogP contribution in [0, 0.1) is 12.7 Å². The Hall–Kier alpha value is -2.04. The molecule has 0 N–H and O–H groups in total. The number of halogens is 1. The predicted octanol–water partition coefficient (Wildman–Crippen LogP) is 3.76. The normalized spacial score (nSPS) is 12.5. The highest BCUT2D eigenvalue weighted by atomic mass is 19.1. The summed E-state index contributed by atoms with van der Waals surface area (Å²) < 4.78 is 15.4. The minimum Gasteiger partial charge on any atom is -0.320 e. The summed E-state index contributed by atoms with van der Waals surface area (Å²) in [6, 6.07) is 2.36. The average molecular weight is 304 g/mol. The van der Waals surface area contributed by atoms with Crippen LogP contribution in [0.15, 0.2) is 18.5 Å². The first-order valence-corrected chi connectivity index (χ1v) is 7.58. The molecular weight excluding hydrogens is 283 g/mol. The van der Waals surface area contributed by atoms with Gasteiger partial charge in [0.1, 0.15) is 11.6 Å². The maximum Gasteiger partial charge on any atom is 0.155 e. The summed E-state index contributed by atoms with van der Waals surface area (Å²) in [5.41, 5.74) is 2.04. The van der Waals surface area contributed by atoms with E-state index in [0.717, 1.165) is 12.0 Å². The molecule has 1 aromatic heterocycles. The van der Waals surface area contributed by atoms with Crippen LogP contribution in [0.3, 0.4) is 0 Å². The van der Waals surface area contributed by atoms with Gasteiger partial charge in [-0.15, -0.1) is 0 Å². The quantitative estimate of drug-likeness (QED) is 0.782. The van der Waals surface area contributed by atoms with Crippen LogP contribution in [-0.4, -0.2) is 21.1 Å². The molecule has 0 aliphatic carbocycles. The van der Waals surface area contributed by atoms with Crippen molar-refractivity contribution in [1.82, 2.24) is 9.55 Å². The van der Waals surface area contributed by atoms with Gasteiger partial charge in [-0.3, -0.25) is 4.79 Å². The minimum atomic E-state index is -0.463. The van der Waals surface area contributed by atoms with Crippen molar-refractivity contribution in [2.45, 2.75) is 52.5 Å². The number of nitrogens with zero attached hydrogens (tertiary/aromatic N) is 2. The third-order valence-electron chi connectivity index (χ3n) is 3.81. The van der Waals surface area contributed by atoms with Crippen LogP contribution in [0.5, 0.6) is 0 Å². The second-order valence-electron chi connectivity index (χ2n) is 5.72. The number of hydrogen-bond acceptors (Lipinski definition) is 3. The van der Waals surface area contributed by atoms with E-state index in [9.17, 15) is 14.0 Å². The lowest BCUT2D eigenvalue weighted by molar-refractivity contribution is -0.122. The van der Waals surface area contributed by atoms with Crippen molar-refractivity contribution in [3.63, 3.8) is 0 Å². The van der Waals surface area contributed by atoms with Crippen LogP contribution in [-0.2, 0) is 9.59 Å². The predicted molar refractivity (Wildman–Crippen MR) is 83.3 cm³/mol. The Kier molecular flexibility index (Phi) is 5.06. The molecule has 0 bridgehead atoms. The highest BCUT2D eigenvalue weighted by molar-refractivity contribution is 5.87. The number of ketones is 2. The van der Waals surface area contributed by atoms with Crippen LogP contribution < -0.4 is 0 Å². The van der Waals surface area contributed by atoms with Gasteiger partial charge in [0.2, 0.25) is 0 Å². The van der Waals surface area contributed by atoms with E-state index in [4.69, 9.17) is 0 Å². The van der Waals surface area contributed by atoms with Gasteiger partial charge in [-0.1, -0.05) is 6.92 Å². The lowest BCUT2D eigenvalue weighted by Gasteiger charge is -2.18. The molecule has 1 heterocycles. The summed E-state index contributed by atoms with van der Waals surface area (Å²) >= 11 is 0. The number of carbonyl (C=O) groups is 2. The minimum absolute atomic E-state index is 0.0427. The van der Waals surface area contributed by atoms with Gasteiger partial charge in [0, 0.05) is 12.8 Å². The molecule has 2 aromatic rings. The Morgan fingerprint density at radius 3 is 2.68 bits per heavy atom. The van der Waals surface area contributed by atoms with E-state index in [2.05, 4.69) is 4.98 Å². The number of rotatable bonds is 7. The number of benzene rings is 1. The van der Waals surface area contributed by atoms with Crippen molar-refractivity contribution in [3.8, 4) is 0 Å². The van der Waals surface area contributed by atoms with E-state index in [1.807, 2.05) is 6.92 Å². The van der Waals surface area contributed by atoms with Gasteiger partial charge in [0.25, 0.3) is 0 Å². The van der Waals surface area contributed by atoms with Gasteiger partial charge in [-0.05, 0) is 44.4 Å². The van der Waals surface area contributed by atoms with Crippen LogP contribution in [0.2, 0.25) is 0 Å². The van der Waals surface area contributed by atoms with Gasteiger partial charge >= 0.3 is 0 Å². The van der Waals surface area contributed by atoms with Crippen molar-refractivity contribution in [3.05, 3.63) is 29.8 Å². The lowest BCUT2D eigenvalue weighted by atomic mass is 10.0. The zero-order valence-corrected chi connectivity index (χ0v) is 13.2. The molecule has 22 heavy (non-hydrogen) atoms. The Morgan fingerprint density at radius 1 is 1.32 bits per heavy atom. The second kappa shape index (κ2) is 6.81. The van der Waals surface area contributed by atoms with Crippen molar-refractivity contribution < 1.29 is 14.0 Å². The Balaban J connectivity index is 2.46. The molecular formula is C17H21FN2O2. The average Bonchev–Trinajstić information content (AvgIpc) is 2.83. The van der Waals surface area contributed by atoms with Crippen molar-refractivity contribution in [2.24, 2.45) is 0 Å². The molecule has 0 aliphatic heterocycles. The van der Waals surface area contributed by atoms with Crippen molar-refractivity contribution >= 4 is 22.6 Å². The third kappa shape index (κ3) is 3.40. The number of Topliss-reactive ketones (excluding diaryl/α,β-unsaturated/α-hetero) is 2. The van der Waals surface area contributed by atoms with Gasteiger partial charge in [0.05, 0.1) is 23.4 Å². The Labute approximate surface area is 129 Å². The summed E-state index contributed by atoms with van der Waals surface area (Å²) in [5, 5.41) is 0.